The van der Waals surface area contributed by atoms with Crippen LogP contribution in [0.1, 0.15) is 17.5 Å². The van der Waals surface area contributed by atoms with Gasteiger partial charge < -0.3 is 10.1 Å². The standard InChI is InChI=1S/C18H19NO/c1-2-7-15(8-3-1)18(12-19-13-18)11-16-10-14-6-4-5-9-17(14)20-16/h1-9,16,19H,10-13H2. The van der Waals surface area contributed by atoms with Gasteiger partial charge in [0.25, 0.3) is 0 Å². The monoisotopic (exact) mass is 265 g/mol. The number of fused-ring (bicyclic) bond motifs is 1. The Labute approximate surface area is 119 Å². The fraction of sp³-hybridized carbons (Fsp3) is 0.333. The van der Waals surface area contributed by atoms with Crippen molar-refractivity contribution >= 4 is 0 Å². The highest BCUT2D eigenvalue weighted by Crippen LogP contribution is 2.38. The van der Waals surface area contributed by atoms with Crippen LogP contribution in [0, 0.1) is 0 Å². The van der Waals surface area contributed by atoms with Crippen LogP contribution in [-0.4, -0.2) is 19.2 Å². The highest BCUT2D eigenvalue weighted by Gasteiger charge is 2.42. The average Bonchev–Trinajstić information content (AvgIpc) is 2.86. The normalized spacial score (nSPS) is 22.7. The Bertz CT molecular complexity index is 579. The van der Waals surface area contributed by atoms with Crippen LogP contribution in [0.5, 0.6) is 5.75 Å². The van der Waals surface area contributed by atoms with Gasteiger partial charge in [0.2, 0.25) is 0 Å². The molecule has 2 heterocycles. The molecular weight excluding hydrogens is 246 g/mol. The Morgan fingerprint density at radius 2 is 1.75 bits per heavy atom. The lowest BCUT2D eigenvalue weighted by molar-refractivity contribution is 0.143. The van der Waals surface area contributed by atoms with E-state index in [9.17, 15) is 0 Å². The van der Waals surface area contributed by atoms with E-state index < -0.39 is 0 Å². The second-order valence-corrected chi connectivity index (χ2v) is 6.01. The maximum absolute atomic E-state index is 6.13. The van der Waals surface area contributed by atoms with Gasteiger partial charge in [0.15, 0.2) is 0 Å². The molecule has 2 aliphatic rings. The van der Waals surface area contributed by atoms with Crippen LogP contribution in [-0.2, 0) is 11.8 Å². The Morgan fingerprint density at radius 1 is 1.00 bits per heavy atom. The number of para-hydroxylation sites is 1. The van der Waals surface area contributed by atoms with Gasteiger partial charge in [-0.25, -0.2) is 0 Å². The van der Waals surface area contributed by atoms with E-state index in [1.165, 1.54) is 11.1 Å². The number of benzene rings is 2. The lowest BCUT2D eigenvalue weighted by atomic mass is 9.71. The first kappa shape index (κ1) is 12.0. The molecule has 0 radical (unpaired) electrons. The molecule has 2 nitrogen and oxygen atoms in total. The van der Waals surface area contributed by atoms with Crippen LogP contribution in [0.25, 0.3) is 0 Å². The summed E-state index contributed by atoms with van der Waals surface area (Å²) >= 11 is 0. The van der Waals surface area contributed by atoms with Gasteiger partial charge in [-0.3, -0.25) is 0 Å². The first-order valence-corrected chi connectivity index (χ1v) is 7.37. The molecule has 1 fully saturated rings. The molecule has 1 saturated heterocycles. The van der Waals surface area contributed by atoms with Crippen molar-refractivity contribution in [1.82, 2.24) is 5.32 Å². The molecule has 2 heteroatoms. The van der Waals surface area contributed by atoms with E-state index in [1.807, 2.05) is 0 Å². The SMILES string of the molecule is c1ccc(C2(CC3Cc4ccccc4O3)CNC2)cc1. The Balaban J connectivity index is 1.55. The average molecular weight is 265 g/mol. The number of hydrogen-bond acceptors (Lipinski definition) is 2. The third-order valence-corrected chi connectivity index (χ3v) is 4.65. The van der Waals surface area contributed by atoms with E-state index in [4.69, 9.17) is 4.74 Å². The van der Waals surface area contributed by atoms with E-state index in [2.05, 4.69) is 59.9 Å². The molecule has 0 aromatic heterocycles. The zero-order chi connectivity index (χ0) is 13.4. The molecule has 1 atom stereocenters. The van der Waals surface area contributed by atoms with Crippen LogP contribution in [0.2, 0.25) is 0 Å². The molecule has 20 heavy (non-hydrogen) atoms. The van der Waals surface area contributed by atoms with Crippen LogP contribution < -0.4 is 10.1 Å². The van der Waals surface area contributed by atoms with Crippen LogP contribution in [0.3, 0.4) is 0 Å². The van der Waals surface area contributed by atoms with Crippen LogP contribution >= 0.6 is 0 Å². The van der Waals surface area contributed by atoms with Crippen molar-refractivity contribution in [3.63, 3.8) is 0 Å². The van der Waals surface area contributed by atoms with E-state index in [-0.39, 0.29) is 5.41 Å². The van der Waals surface area contributed by atoms with Crippen molar-refractivity contribution in [2.45, 2.75) is 24.4 Å². The Morgan fingerprint density at radius 3 is 2.45 bits per heavy atom. The van der Waals surface area contributed by atoms with E-state index in [1.54, 1.807) is 0 Å². The smallest absolute Gasteiger partial charge is 0.123 e. The molecule has 4 rings (SSSR count). The van der Waals surface area contributed by atoms with Crippen molar-refractivity contribution in [3.8, 4) is 5.75 Å². The summed E-state index contributed by atoms with van der Waals surface area (Å²) in [5, 5.41) is 3.44. The fourth-order valence-corrected chi connectivity index (χ4v) is 3.49. The van der Waals surface area contributed by atoms with Crippen LogP contribution in [0.4, 0.5) is 0 Å². The highest BCUT2D eigenvalue weighted by atomic mass is 16.5. The molecule has 1 unspecified atom stereocenters. The Kier molecular flexibility index (Phi) is 2.78. The predicted octanol–water partition coefficient (Wildman–Crippen LogP) is 2.92. The van der Waals surface area contributed by atoms with Crippen molar-refractivity contribution in [3.05, 3.63) is 65.7 Å². The fourth-order valence-electron chi connectivity index (χ4n) is 3.49. The molecule has 0 spiro atoms. The highest BCUT2D eigenvalue weighted by molar-refractivity contribution is 5.38. The van der Waals surface area contributed by atoms with Crippen molar-refractivity contribution in [2.24, 2.45) is 0 Å². The van der Waals surface area contributed by atoms with Gasteiger partial charge in [0, 0.05) is 24.9 Å². The minimum Gasteiger partial charge on any atom is -0.490 e. The van der Waals surface area contributed by atoms with E-state index >= 15 is 0 Å². The number of rotatable bonds is 3. The van der Waals surface area contributed by atoms with Gasteiger partial charge in [-0.1, -0.05) is 48.5 Å². The first-order chi connectivity index (χ1) is 9.86. The van der Waals surface area contributed by atoms with Gasteiger partial charge in [-0.05, 0) is 23.6 Å². The summed E-state index contributed by atoms with van der Waals surface area (Å²) in [4.78, 5) is 0. The minimum absolute atomic E-state index is 0.258. The van der Waals surface area contributed by atoms with Crippen molar-refractivity contribution in [2.75, 3.05) is 13.1 Å². The predicted molar refractivity (Wildman–Crippen MR) is 80.2 cm³/mol. The summed E-state index contributed by atoms with van der Waals surface area (Å²) in [6, 6.07) is 19.3. The molecule has 0 aliphatic carbocycles. The summed E-state index contributed by atoms with van der Waals surface area (Å²) in [6.07, 6.45) is 2.46. The molecule has 2 aromatic carbocycles. The topological polar surface area (TPSA) is 21.3 Å². The molecule has 2 aromatic rings. The van der Waals surface area contributed by atoms with Gasteiger partial charge in [0.05, 0.1) is 0 Å². The van der Waals surface area contributed by atoms with Crippen LogP contribution in [0.15, 0.2) is 54.6 Å². The number of ether oxygens (including phenoxy) is 1. The molecule has 2 aliphatic heterocycles. The third kappa shape index (κ3) is 1.92. The summed E-state index contributed by atoms with van der Waals surface area (Å²) in [5.74, 6) is 1.08. The lowest BCUT2D eigenvalue weighted by Gasteiger charge is -2.44. The maximum Gasteiger partial charge on any atom is 0.123 e. The molecule has 0 amide bonds. The molecule has 102 valence electrons. The molecular formula is C18H19NO. The van der Waals surface area contributed by atoms with Crippen molar-refractivity contribution < 1.29 is 4.74 Å². The largest absolute Gasteiger partial charge is 0.490 e. The molecule has 0 saturated carbocycles. The summed E-state index contributed by atoms with van der Waals surface area (Å²) in [7, 11) is 0. The second kappa shape index (κ2) is 4.64. The lowest BCUT2D eigenvalue weighted by Crippen LogP contribution is -2.58. The Hall–Kier alpha value is -1.80. The zero-order valence-corrected chi connectivity index (χ0v) is 11.5. The summed E-state index contributed by atoms with van der Waals surface area (Å²) < 4.78 is 6.13. The summed E-state index contributed by atoms with van der Waals surface area (Å²) in [5.41, 5.74) is 3.06. The molecule has 0 bridgehead atoms. The third-order valence-electron chi connectivity index (χ3n) is 4.65. The van der Waals surface area contributed by atoms with E-state index in [0.29, 0.717) is 6.10 Å². The van der Waals surface area contributed by atoms with Crippen molar-refractivity contribution in [1.29, 1.82) is 0 Å². The second-order valence-electron chi connectivity index (χ2n) is 6.01. The van der Waals surface area contributed by atoms with Gasteiger partial charge in [-0.2, -0.15) is 0 Å². The zero-order valence-electron chi connectivity index (χ0n) is 11.5. The molecule has 1 N–H and O–H groups in total. The van der Waals surface area contributed by atoms with Gasteiger partial charge in [-0.15, -0.1) is 0 Å². The van der Waals surface area contributed by atoms with Gasteiger partial charge in [0.1, 0.15) is 11.9 Å². The quantitative estimate of drug-likeness (QED) is 0.921. The first-order valence-electron chi connectivity index (χ1n) is 7.37. The summed E-state index contributed by atoms with van der Waals surface area (Å²) in [6.45, 7) is 2.13. The number of hydrogen-bond donors (Lipinski definition) is 1. The maximum atomic E-state index is 6.13. The number of nitrogens with one attached hydrogen (secondary N) is 1. The van der Waals surface area contributed by atoms with Gasteiger partial charge >= 0.3 is 0 Å². The van der Waals surface area contributed by atoms with E-state index in [0.717, 1.165) is 31.7 Å². The minimum atomic E-state index is 0.258.